The van der Waals surface area contributed by atoms with Gasteiger partial charge in [-0.05, 0) is 0 Å². The second kappa shape index (κ2) is 11.5. The van der Waals surface area contributed by atoms with Gasteiger partial charge in [0.2, 0.25) is 0 Å². The first-order valence-electron chi connectivity index (χ1n) is 8.24. The molecule has 0 unspecified atom stereocenters. The summed E-state index contributed by atoms with van der Waals surface area (Å²) < 4.78 is 0. The SMILES string of the molecule is CCCCCC[PH](CC)(CC)CCCCCC. The summed E-state index contributed by atoms with van der Waals surface area (Å²) in [6.07, 6.45) is 18.0. The molecule has 0 aliphatic rings. The average molecular weight is 260 g/mol. The van der Waals surface area contributed by atoms with Gasteiger partial charge in [-0.2, -0.15) is 0 Å². The van der Waals surface area contributed by atoms with Gasteiger partial charge in [0.1, 0.15) is 0 Å². The van der Waals surface area contributed by atoms with Crippen molar-refractivity contribution in [3.05, 3.63) is 0 Å². The van der Waals surface area contributed by atoms with Crippen LogP contribution in [0.2, 0.25) is 0 Å². The molecule has 0 aromatic heterocycles. The first kappa shape index (κ1) is 17.4. The van der Waals surface area contributed by atoms with Crippen molar-refractivity contribution < 1.29 is 0 Å². The Balaban J connectivity index is 3.88. The van der Waals surface area contributed by atoms with Crippen LogP contribution in [-0.2, 0) is 0 Å². The Bertz CT molecular complexity index is 136. The molecule has 0 aromatic carbocycles. The maximum atomic E-state index is 2.47. The molecule has 0 saturated carbocycles. The molecule has 0 nitrogen and oxygen atoms in total. The van der Waals surface area contributed by atoms with Gasteiger partial charge in [0.05, 0.1) is 0 Å². The average Bonchev–Trinajstić information content (AvgIpc) is 2.37. The van der Waals surface area contributed by atoms with E-state index in [2.05, 4.69) is 27.7 Å². The van der Waals surface area contributed by atoms with Crippen LogP contribution in [0.3, 0.4) is 0 Å². The van der Waals surface area contributed by atoms with E-state index < -0.39 is 7.26 Å². The van der Waals surface area contributed by atoms with Gasteiger partial charge in [0, 0.05) is 0 Å². The number of hydrogen-bond acceptors (Lipinski definition) is 0. The van der Waals surface area contributed by atoms with Crippen LogP contribution in [0.15, 0.2) is 0 Å². The topological polar surface area (TPSA) is 0 Å². The third kappa shape index (κ3) is 8.20. The fraction of sp³-hybridized carbons (Fsp3) is 1.00. The molecule has 0 fully saturated rings. The van der Waals surface area contributed by atoms with E-state index in [1.54, 1.807) is 12.3 Å². The van der Waals surface area contributed by atoms with Gasteiger partial charge >= 0.3 is 111 Å². The summed E-state index contributed by atoms with van der Waals surface area (Å²) in [5.74, 6) is 0. The van der Waals surface area contributed by atoms with Gasteiger partial charge in [0.25, 0.3) is 0 Å². The second-order valence-electron chi connectivity index (χ2n) is 5.83. The minimum atomic E-state index is -0.843. The van der Waals surface area contributed by atoms with E-state index in [-0.39, 0.29) is 0 Å². The standard InChI is InChI=1S/C16H37P/c1-5-9-11-13-15-17(7-3,8-4)16-14-12-10-6-2/h17H,5-16H2,1-4H3. The van der Waals surface area contributed by atoms with E-state index in [1.165, 1.54) is 63.7 Å². The molecule has 0 aliphatic heterocycles. The van der Waals surface area contributed by atoms with Gasteiger partial charge in [-0.25, -0.2) is 0 Å². The summed E-state index contributed by atoms with van der Waals surface area (Å²) in [7, 11) is -0.843. The summed E-state index contributed by atoms with van der Waals surface area (Å²) >= 11 is 0. The predicted molar refractivity (Wildman–Crippen MR) is 87.4 cm³/mol. The van der Waals surface area contributed by atoms with Crippen LogP contribution in [0.5, 0.6) is 0 Å². The van der Waals surface area contributed by atoms with Gasteiger partial charge in [0.15, 0.2) is 0 Å². The fourth-order valence-corrected chi connectivity index (χ4v) is 7.10. The first-order chi connectivity index (χ1) is 8.24. The van der Waals surface area contributed by atoms with Crippen LogP contribution in [-0.4, -0.2) is 24.6 Å². The van der Waals surface area contributed by atoms with Crippen molar-refractivity contribution in [3.8, 4) is 0 Å². The molecular weight excluding hydrogens is 223 g/mol. The van der Waals surface area contributed by atoms with Gasteiger partial charge in [-0.1, -0.05) is 0 Å². The number of unbranched alkanes of at least 4 members (excludes halogenated alkanes) is 6. The third-order valence-corrected chi connectivity index (χ3v) is 10.4. The molecule has 0 radical (unpaired) electrons. The van der Waals surface area contributed by atoms with Crippen molar-refractivity contribution in [2.75, 3.05) is 24.6 Å². The van der Waals surface area contributed by atoms with Crippen molar-refractivity contribution in [2.45, 2.75) is 79.1 Å². The van der Waals surface area contributed by atoms with E-state index >= 15 is 0 Å². The van der Waals surface area contributed by atoms with Crippen LogP contribution >= 0.6 is 7.26 Å². The number of rotatable bonds is 12. The van der Waals surface area contributed by atoms with Crippen LogP contribution in [0.1, 0.15) is 79.1 Å². The molecule has 0 saturated heterocycles. The molecule has 0 atom stereocenters. The Morgan fingerprint density at radius 2 is 0.941 bits per heavy atom. The summed E-state index contributed by atoms with van der Waals surface area (Å²) in [6.45, 7) is 9.56. The van der Waals surface area contributed by atoms with Crippen molar-refractivity contribution >= 4 is 7.26 Å². The van der Waals surface area contributed by atoms with E-state index in [0.717, 1.165) is 0 Å². The molecule has 106 valence electrons. The van der Waals surface area contributed by atoms with E-state index in [0.29, 0.717) is 0 Å². The monoisotopic (exact) mass is 260 g/mol. The van der Waals surface area contributed by atoms with Crippen molar-refractivity contribution in [2.24, 2.45) is 0 Å². The molecule has 0 amide bonds. The van der Waals surface area contributed by atoms with E-state index in [9.17, 15) is 0 Å². The molecule has 0 aliphatic carbocycles. The Hall–Kier alpha value is 0.430. The Morgan fingerprint density at radius 3 is 1.24 bits per heavy atom. The van der Waals surface area contributed by atoms with E-state index in [4.69, 9.17) is 0 Å². The Labute approximate surface area is 111 Å². The molecule has 17 heavy (non-hydrogen) atoms. The molecule has 0 aromatic rings. The zero-order valence-electron chi connectivity index (χ0n) is 13.0. The van der Waals surface area contributed by atoms with Crippen LogP contribution in [0, 0.1) is 0 Å². The van der Waals surface area contributed by atoms with Gasteiger partial charge < -0.3 is 0 Å². The second-order valence-corrected chi connectivity index (χ2v) is 11.2. The Kier molecular flexibility index (Phi) is 11.8. The van der Waals surface area contributed by atoms with Crippen molar-refractivity contribution in [1.82, 2.24) is 0 Å². The zero-order chi connectivity index (χ0) is 13.0. The van der Waals surface area contributed by atoms with E-state index in [1.807, 2.05) is 0 Å². The molecule has 0 spiro atoms. The molecule has 0 bridgehead atoms. The normalized spacial score (nSPS) is 12.9. The summed E-state index contributed by atoms with van der Waals surface area (Å²) in [6, 6.07) is 0. The minimum absolute atomic E-state index is 0.843. The molecule has 1 heteroatoms. The first-order valence-corrected chi connectivity index (χ1v) is 11.1. The van der Waals surface area contributed by atoms with Gasteiger partial charge in [-0.15, -0.1) is 0 Å². The fourth-order valence-electron chi connectivity index (χ4n) is 2.94. The molecular formula is C16H37P. The molecule has 0 heterocycles. The van der Waals surface area contributed by atoms with Crippen LogP contribution < -0.4 is 0 Å². The summed E-state index contributed by atoms with van der Waals surface area (Å²) in [5.41, 5.74) is 0. The predicted octanol–water partition coefficient (Wildman–Crippen LogP) is 5.94. The van der Waals surface area contributed by atoms with Crippen molar-refractivity contribution in [1.29, 1.82) is 0 Å². The third-order valence-electron chi connectivity index (χ3n) is 4.62. The quantitative estimate of drug-likeness (QED) is 0.301. The molecule has 0 rings (SSSR count). The van der Waals surface area contributed by atoms with Gasteiger partial charge in [-0.3, -0.25) is 0 Å². The van der Waals surface area contributed by atoms with Crippen LogP contribution in [0.25, 0.3) is 0 Å². The van der Waals surface area contributed by atoms with Crippen molar-refractivity contribution in [3.63, 3.8) is 0 Å². The van der Waals surface area contributed by atoms with Crippen LogP contribution in [0.4, 0.5) is 0 Å². The zero-order valence-corrected chi connectivity index (χ0v) is 14.0. The summed E-state index contributed by atoms with van der Waals surface area (Å²) in [5, 5.41) is 0. The molecule has 0 N–H and O–H groups in total. The Morgan fingerprint density at radius 1 is 0.529 bits per heavy atom. The summed E-state index contributed by atoms with van der Waals surface area (Å²) in [4.78, 5) is 0. The number of hydrogen-bond donors (Lipinski definition) is 0. The maximum absolute atomic E-state index is 2.47.